The number of carbonyl (C=O) groups is 1. The fourth-order valence-corrected chi connectivity index (χ4v) is 5.29. The molecule has 0 aliphatic carbocycles. The molecule has 0 spiro atoms. The first-order chi connectivity index (χ1) is 17.4. The summed E-state index contributed by atoms with van der Waals surface area (Å²) in [5.41, 5.74) is 2.14. The molecule has 4 atom stereocenters. The van der Waals surface area contributed by atoms with Crippen LogP contribution in [0.3, 0.4) is 0 Å². The van der Waals surface area contributed by atoms with Crippen LogP contribution in [0.15, 0.2) is 91.0 Å². The van der Waals surface area contributed by atoms with Crippen LogP contribution in [0.25, 0.3) is 0 Å². The molecule has 5 rings (SSSR count). The highest BCUT2D eigenvalue weighted by Gasteiger charge is 2.56. The number of benzene rings is 3. The monoisotopic (exact) mass is 488 g/mol. The fourth-order valence-electron chi connectivity index (χ4n) is 5.29. The van der Waals surface area contributed by atoms with Gasteiger partial charge in [0.25, 0.3) is 0 Å². The minimum absolute atomic E-state index is 0.0921. The lowest BCUT2D eigenvalue weighted by Gasteiger charge is -2.37. The molecule has 0 amide bonds. The molecule has 188 valence electrons. The van der Waals surface area contributed by atoms with Gasteiger partial charge in [-0.3, -0.25) is 4.79 Å². The Hall–Kier alpha value is -3.03. The van der Waals surface area contributed by atoms with E-state index in [9.17, 15) is 4.79 Å². The Bertz CT molecular complexity index is 1050. The van der Waals surface area contributed by atoms with E-state index in [0.717, 1.165) is 16.7 Å². The zero-order valence-electron chi connectivity index (χ0n) is 20.8. The van der Waals surface area contributed by atoms with E-state index in [1.807, 2.05) is 68.4 Å². The number of methoxy groups -OCH3 is 1. The topological polar surface area (TPSA) is 63.2 Å². The van der Waals surface area contributed by atoms with Crippen LogP contribution in [0.5, 0.6) is 0 Å². The number of fused-ring (bicyclic) bond motifs is 1. The summed E-state index contributed by atoms with van der Waals surface area (Å²) in [7, 11) is 1.37. The van der Waals surface area contributed by atoms with E-state index in [-0.39, 0.29) is 31.2 Å². The number of hydrogen-bond donors (Lipinski definition) is 0. The molecular weight excluding hydrogens is 456 g/mol. The van der Waals surface area contributed by atoms with Gasteiger partial charge < -0.3 is 23.7 Å². The summed E-state index contributed by atoms with van der Waals surface area (Å²) in [6.45, 7) is 3.98. The Labute approximate surface area is 212 Å². The Kier molecular flexibility index (Phi) is 6.95. The SMILES string of the molecule is COC(=O)C[C@H]1O[C@H](COC(c2ccccc2)(c2ccccc2)c2ccccc2)[C@@H]2OC(C)(C)O[C@@H]21. The molecule has 0 N–H and O–H groups in total. The second-order valence-corrected chi connectivity index (χ2v) is 9.65. The van der Waals surface area contributed by atoms with Crippen molar-refractivity contribution in [2.45, 2.75) is 56.1 Å². The van der Waals surface area contributed by atoms with Gasteiger partial charge in [0.05, 0.1) is 26.2 Å². The summed E-state index contributed by atoms with van der Waals surface area (Å²) in [5, 5.41) is 0. The summed E-state index contributed by atoms with van der Waals surface area (Å²) in [5.74, 6) is -1.12. The zero-order chi connectivity index (χ0) is 25.2. The van der Waals surface area contributed by atoms with Gasteiger partial charge in [-0.05, 0) is 30.5 Å². The van der Waals surface area contributed by atoms with Crippen LogP contribution >= 0.6 is 0 Å². The van der Waals surface area contributed by atoms with Crippen molar-refractivity contribution < 1.29 is 28.5 Å². The van der Waals surface area contributed by atoms with Crippen LogP contribution in [0.4, 0.5) is 0 Å². The molecule has 3 aromatic carbocycles. The van der Waals surface area contributed by atoms with Crippen molar-refractivity contribution in [1.29, 1.82) is 0 Å². The molecule has 6 heteroatoms. The predicted molar refractivity (Wildman–Crippen MR) is 134 cm³/mol. The summed E-state index contributed by atoms with van der Waals surface area (Å²) in [4.78, 5) is 12.1. The van der Waals surface area contributed by atoms with E-state index in [2.05, 4.69) is 36.4 Å². The maximum Gasteiger partial charge on any atom is 0.308 e. The third-order valence-corrected chi connectivity index (χ3v) is 6.85. The van der Waals surface area contributed by atoms with Crippen molar-refractivity contribution in [3.05, 3.63) is 108 Å². The molecule has 36 heavy (non-hydrogen) atoms. The van der Waals surface area contributed by atoms with Crippen molar-refractivity contribution in [2.24, 2.45) is 0 Å². The first-order valence-corrected chi connectivity index (χ1v) is 12.3. The maximum atomic E-state index is 12.1. The third kappa shape index (κ3) is 4.70. The molecule has 2 saturated heterocycles. The van der Waals surface area contributed by atoms with Gasteiger partial charge in [0.1, 0.15) is 23.9 Å². The molecule has 0 bridgehead atoms. The zero-order valence-corrected chi connectivity index (χ0v) is 20.8. The largest absolute Gasteiger partial charge is 0.469 e. The van der Waals surface area contributed by atoms with Gasteiger partial charge in [-0.1, -0.05) is 91.0 Å². The van der Waals surface area contributed by atoms with Crippen molar-refractivity contribution >= 4 is 5.97 Å². The Morgan fingerprint density at radius 1 is 0.778 bits per heavy atom. The highest BCUT2D eigenvalue weighted by atomic mass is 16.8. The van der Waals surface area contributed by atoms with Gasteiger partial charge in [0.2, 0.25) is 0 Å². The van der Waals surface area contributed by atoms with Crippen LogP contribution in [0.2, 0.25) is 0 Å². The molecule has 2 fully saturated rings. The molecule has 0 aromatic heterocycles. The minimum Gasteiger partial charge on any atom is -0.469 e. The highest BCUT2D eigenvalue weighted by Crippen LogP contribution is 2.44. The summed E-state index contributed by atoms with van der Waals surface area (Å²) < 4.78 is 30.5. The lowest BCUT2D eigenvalue weighted by atomic mass is 9.80. The van der Waals surface area contributed by atoms with Gasteiger partial charge in [-0.25, -0.2) is 0 Å². The van der Waals surface area contributed by atoms with Crippen LogP contribution < -0.4 is 0 Å². The first-order valence-electron chi connectivity index (χ1n) is 12.3. The van der Waals surface area contributed by atoms with Crippen molar-refractivity contribution in [3.8, 4) is 0 Å². The maximum absolute atomic E-state index is 12.1. The van der Waals surface area contributed by atoms with Crippen LogP contribution in [-0.4, -0.2) is 49.9 Å². The van der Waals surface area contributed by atoms with E-state index in [1.54, 1.807) is 0 Å². The molecule has 2 heterocycles. The summed E-state index contributed by atoms with van der Waals surface area (Å²) in [6.07, 6.45) is -1.56. The highest BCUT2D eigenvalue weighted by molar-refractivity contribution is 5.70. The molecule has 2 aliphatic heterocycles. The number of hydrogen-bond acceptors (Lipinski definition) is 6. The van der Waals surface area contributed by atoms with E-state index in [4.69, 9.17) is 23.7 Å². The second-order valence-electron chi connectivity index (χ2n) is 9.65. The van der Waals surface area contributed by atoms with Crippen molar-refractivity contribution in [2.75, 3.05) is 13.7 Å². The van der Waals surface area contributed by atoms with E-state index in [1.165, 1.54) is 7.11 Å². The quantitative estimate of drug-likeness (QED) is 0.334. The fraction of sp³-hybridized carbons (Fsp3) is 0.367. The molecule has 2 aliphatic rings. The van der Waals surface area contributed by atoms with Crippen molar-refractivity contribution in [3.63, 3.8) is 0 Å². The van der Waals surface area contributed by atoms with E-state index >= 15 is 0 Å². The summed E-state index contributed by atoms with van der Waals surface area (Å²) >= 11 is 0. The first kappa shape index (κ1) is 24.7. The lowest BCUT2D eigenvalue weighted by molar-refractivity contribution is -0.197. The average molecular weight is 489 g/mol. The molecule has 3 aromatic rings. The van der Waals surface area contributed by atoms with Crippen LogP contribution in [-0.2, 0) is 34.1 Å². The van der Waals surface area contributed by atoms with Gasteiger partial charge >= 0.3 is 5.97 Å². The van der Waals surface area contributed by atoms with Crippen LogP contribution in [0.1, 0.15) is 37.0 Å². The predicted octanol–water partition coefficient (Wildman–Crippen LogP) is 4.85. The van der Waals surface area contributed by atoms with Gasteiger partial charge in [-0.2, -0.15) is 0 Å². The number of ether oxygens (including phenoxy) is 5. The third-order valence-electron chi connectivity index (χ3n) is 6.85. The molecular formula is C30H32O6. The van der Waals surface area contributed by atoms with Gasteiger partial charge in [-0.15, -0.1) is 0 Å². The Balaban J connectivity index is 1.52. The number of esters is 1. The Morgan fingerprint density at radius 3 is 1.67 bits per heavy atom. The van der Waals surface area contributed by atoms with Gasteiger partial charge in [0, 0.05) is 0 Å². The lowest BCUT2D eigenvalue weighted by Crippen LogP contribution is -2.39. The molecule has 0 unspecified atom stereocenters. The standard InChI is InChI=1S/C30H32O6/c1-29(2)35-27-24(19-26(31)32-3)34-25(28(27)36-29)20-33-30(21-13-7-4-8-14-21,22-15-9-5-10-16-22)23-17-11-6-12-18-23/h4-18,24-25,27-28H,19-20H2,1-3H3/t24-,25-,27-,28+/m1/s1. The average Bonchev–Trinajstić information content (AvgIpc) is 3.39. The number of rotatable bonds is 8. The smallest absolute Gasteiger partial charge is 0.308 e. The van der Waals surface area contributed by atoms with Gasteiger partial charge in [0.15, 0.2) is 5.79 Å². The molecule has 0 radical (unpaired) electrons. The Morgan fingerprint density at radius 2 is 1.22 bits per heavy atom. The van der Waals surface area contributed by atoms with Crippen LogP contribution in [0, 0.1) is 0 Å². The second kappa shape index (κ2) is 10.1. The number of carbonyl (C=O) groups excluding carboxylic acids is 1. The summed E-state index contributed by atoms with van der Waals surface area (Å²) in [6, 6.07) is 30.6. The molecule has 6 nitrogen and oxygen atoms in total. The van der Waals surface area contributed by atoms with E-state index < -0.39 is 23.6 Å². The minimum atomic E-state index is -0.877. The van der Waals surface area contributed by atoms with Crippen molar-refractivity contribution in [1.82, 2.24) is 0 Å². The normalized spacial score (nSPS) is 24.9. The molecule has 0 saturated carbocycles. The van der Waals surface area contributed by atoms with E-state index in [0.29, 0.717) is 0 Å².